The van der Waals surface area contributed by atoms with Gasteiger partial charge in [0.25, 0.3) is 0 Å². The van der Waals surface area contributed by atoms with Crippen molar-refractivity contribution < 1.29 is 5.11 Å². The van der Waals surface area contributed by atoms with Crippen LogP contribution in [-0.2, 0) is 6.54 Å². The molecule has 0 saturated heterocycles. The molecule has 0 saturated carbocycles. The minimum absolute atomic E-state index is 0.139. The summed E-state index contributed by atoms with van der Waals surface area (Å²) in [5.41, 5.74) is 1.12. The third kappa shape index (κ3) is 5.22. The third-order valence-electron chi connectivity index (χ3n) is 2.94. The van der Waals surface area contributed by atoms with Gasteiger partial charge in [0.15, 0.2) is 0 Å². The van der Waals surface area contributed by atoms with E-state index < -0.39 is 0 Å². The van der Waals surface area contributed by atoms with E-state index in [2.05, 4.69) is 49.1 Å². The van der Waals surface area contributed by atoms with E-state index in [1.54, 1.807) is 11.3 Å². The quantitative estimate of drug-likeness (QED) is 0.799. The molecule has 3 heteroatoms. The van der Waals surface area contributed by atoms with E-state index in [-0.39, 0.29) is 6.61 Å². The Hall–Kier alpha value is -0.820. The molecule has 0 amide bonds. The zero-order valence-corrected chi connectivity index (χ0v) is 12.4. The number of thiophene rings is 1. The van der Waals surface area contributed by atoms with Gasteiger partial charge in [0.05, 0.1) is 6.61 Å². The molecule has 1 N–H and O–H groups in total. The monoisotopic (exact) mass is 265 g/mol. The molecule has 100 valence electrons. The maximum Gasteiger partial charge on any atom is 0.0540 e. The second-order valence-corrected chi connectivity index (χ2v) is 5.74. The first-order valence-corrected chi connectivity index (χ1v) is 7.40. The molecule has 1 atom stereocenters. The summed E-state index contributed by atoms with van der Waals surface area (Å²) in [6.07, 6.45) is 1.77. The van der Waals surface area contributed by atoms with E-state index in [4.69, 9.17) is 5.11 Å². The second kappa shape index (κ2) is 8.31. The van der Waals surface area contributed by atoms with Crippen LogP contribution in [0.5, 0.6) is 0 Å². The number of hydrogen-bond donors (Lipinski definition) is 1. The van der Waals surface area contributed by atoms with Gasteiger partial charge in [-0.25, -0.2) is 0 Å². The fourth-order valence-corrected chi connectivity index (χ4v) is 2.67. The standard InChI is InChI=1S/C15H23NOS/c1-4-13(2)11-16(3)12-15-14(8-10-18-15)7-5-6-9-17/h8,10,13,17H,4,6,9,11-12H2,1-3H3. The first-order valence-electron chi connectivity index (χ1n) is 6.52. The summed E-state index contributed by atoms with van der Waals surface area (Å²) in [6, 6.07) is 2.07. The Morgan fingerprint density at radius 2 is 2.28 bits per heavy atom. The molecule has 1 unspecified atom stereocenters. The van der Waals surface area contributed by atoms with Gasteiger partial charge in [-0.05, 0) is 24.4 Å². The highest BCUT2D eigenvalue weighted by Gasteiger charge is 2.08. The molecule has 0 aliphatic rings. The van der Waals surface area contributed by atoms with Crippen LogP contribution in [0.2, 0.25) is 0 Å². The lowest BCUT2D eigenvalue weighted by Crippen LogP contribution is -2.23. The Morgan fingerprint density at radius 3 is 2.94 bits per heavy atom. The molecule has 0 fully saturated rings. The van der Waals surface area contributed by atoms with Gasteiger partial charge in [0, 0.05) is 30.0 Å². The van der Waals surface area contributed by atoms with Crippen molar-refractivity contribution in [2.24, 2.45) is 5.92 Å². The molecule has 1 aromatic heterocycles. The van der Waals surface area contributed by atoms with Crippen molar-refractivity contribution in [3.8, 4) is 11.8 Å². The van der Waals surface area contributed by atoms with Crippen LogP contribution < -0.4 is 0 Å². The molecule has 1 aromatic rings. The summed E-state index contributed by atoms with van der Waals surface area (Å²) in [6.45, 7) is 6.74. The zero-order chi connectivity index (χ0) is 13.4. The molecule has 0 aliphatic heterocycles. The van der Waals surface area contributed by atoms with Gasteiger partial charge in [-0.15, -0.1) is 11.3 Å². The predicted octanol–water partition coefficient (Wildman–Crippen LogP) is 2.96. The fourth-order valence-electron chi connectivity index (χ4n) is 1.76. The van der Waals surface area contributed by atoms with Gasteiger partial charge in [-0.1, -0.05) is 32.1 Å². The summed E-state index contributed by atoms with van der Waals surface area (Å²) in [4.78, 5) is 3.68. The van der Waals surface area contributed by atoms with Crippen LogP contribution in [0.1, 0.15) is 37.1 Å². The number of aliphatic hydroxyl groups is 1. The number of nitrogens with zero attached hydrogens (tertiary/aromatic N) is 1. The molecule has 0 aromatic carbocycles. The molecule has 0 aliphatic carbocycles. The Labute approximate surface area is 115 Å². The summed E-state index contributed by atoms with van der Waals surface area (Å²) >= 11 is 1.76. The van der Waals surface area contributed by atoms with Crippen LogP contribution in [-0.4, -0.2) is 30.2 Å². The Balaban J connectivity index is 2.57. The highest BCUT2D eigenvalue weighted by Crippen LogP contribution is 2.18. The molecular weight excluding hydrogens is 242 g/mol. The maximum atomic E-state index is 8.73. The zero-order valence-electron chi connectivity index (χ0n) is 11.6. The number of aliphatic hydroxyl groups excluding tert-OH is 1. The van der Waals surface area contributed by atoms with Crippen molar-refractivity contribution >= 4 is 11.3 Å². The van der Waals surface area contributed by atoms with Crippen LogP contribution in [0.25, 0.3) is 0 Å². The van der Waals surface area contributed by atoms with E-state index in [9.17, 15) is 0 Å². The van der Waals surface area contributed by atoms with Crippen molar-refractivity contribution in [2.45, 2.75) is 33.2 Å². The van der Waals surface area contributed by atoms with Gasteiger partial charge < -0.3 is 10.0 Å². The summed E-state index contributed by atoms with van der Waals surface area (Å²) < 4.78 is 0. The third-order valence-corrected chi connectivity index (χ3v) is 3.84. The van der Waals surface area contributed by atoms with Crippen molar-refractivity contribution in [2.75, 3.05) is 20.2 Å². The predicted molar refractivity (Wildman–Crippen MR) is 78.7 cm³/mol. The lowest BCUT2D eigenvalue weighted by molar-refractivity contribution is 0.277. The minimum Gasteiger partial charge on any atom is -0.395 e. The first-order chi connectivity index (χ1) is 8.67. The molecular formula is C15H23NOS. The average molecular weight is 265 g/mol. The van der Waals surface area contributed by atoms with Gasteiger partial charge in [-0.2, -0.15) is 0 Å². The molecule has 0 spiro atoms. The average Bonchev–Trinajstić information content (AvgIpc) is 2.76. The summed E-state index contributed by atoms with van der Waals surface area (Å²) in [5, 5.41) is 10.8. The second-order valence-electron chi connectivity index (χ2n) is 4.74. The van der Waals surface area contributed by atoms with Gasteiger partial charge in [0.1, 0.15) is 0 Å². The van der Waals surface area contributed by atoms with E-state index in [1.807, 2.05) is 0 Å². The van der Waals surface area contributed by atoms with E-state index >= 15 is 0 Å². The minimum atomic E-state index is 0.139. The van der Waals surface area contributed by atoms with Crippen LogP contribution in [0, 0.1) is 17.8 Å². The highest BCUT2D eigenvalue weighted by atomic mass is 32.1. The van der Waals surface area contributed by atoms with Gasteiger partial charge in [-0.3, -0.25) is 0 Å². The van der Waals surface area contributed by atoms with Crippen LogP contribution in [0.3, 0.4) is 0 Å². The van der Waals surface area contributed by atoms with Crippen molar-refractivity contribution in [1.82, 2.24) is 4.90 Å². The largest absolute Gasteiger partial charge is 0.395 e. The van der Waals surface area contributed by atoms with Crippen molar-refractivity contribution in [3.63, 3.8) is 0 Å². The van der Waals surface area contributed by atoms with E-state index in [0.29, 0.717) is 6.42 Å². The number of hydrogen-bond acceptors (Lipinski definition) is 3. The lowest BCUT2D eigenvalue weighted by atomic mass is 10.1. The smallest absolute Gasteiger partial charge is 0.0540 e. The Bertz CT molecular complexity index is 402. The fraction of sp³-hybridized carbons (Fsp3) is 0.600. The SMILES string of the molecule is CCC(C)CN(C)Cc1sccc1C#CCCO. The van der Waals surface area contributed by atoms with Crippen LogP contribution in [0.15, 0.2) is 11.4 Å². The van der Waals surface area contributed by atoms with Crippen molar-refractivity contribution in [3.05, 3.63) is 21.9 Å². The molecule has 0 bridgehead atoms. The van der Waals surface area contributed by atoms with Gasteiger partial charge in [0.2, 0.25) is 0 Å². The van der Waals surface area contributed by atoms with E-state index in [1.165, 1.54) is 11.3 Å². The van der Waals surface area contributed by atoms with Gasteiger partial charge >= 0.3 is 0 Å². The first kappa shape index (κ1) is 15.2. The molecule has 18 heavy (non-hydrogen) atoms. The topological polar surface area (TPSA) is 23.5 Å². The van der Waals surface area contributed by atoms with Crippen LogP contribution in [0.4, 0.5) is 0 Å². The summed E-state index contributed by atoms with van der Waals surface area (Å²) in [7, 11) is 2.16. The normalized spacial score (nSPS) is 12.3. The number of rotatable bonds is 6. The molecule has 0 radical (unpaired) electrons. The van der Waals surface area contributed by atoms with Crippen LogP contribution >= 0.6 is 11.3 Å². The molecule has 1 rings (SSSR count). The molecule has 1 heterocycles. The summed E-state index contributed by atoms with van der Waals surface area (Å²) in [5.74, 6) is 6.87. The lowest BCUT2D eigenvalue weighted by Gasteiger charge is -2.19. The maximum absolute atomic E-state index is 8.73. The molecule has 2 nitrogen and oxygen atoms in total. The Kier molecular flexibility index (Phi) is 7.04. The van der Waals surface area contributed by atoms with Crippen molar-refractivity contribution in [1.29, 1.82) is 0 Å². The highest BCUT2D eigenvalue weighted by molar-refractivity contribution is 7.10. The Morgan fingerprint density at radius 1 is 1.50 bits per heavy atom. The van der Waals surface area contributed by atoms with E-state index in [0.717, 1.165) is 24.6 Å².